The highest BCUT2D eigenvalue weighted by molar-refractivity contribution is 6.04. The van der Waals surface area contributed by atoms with Gasteiger partial charge in [0, 0.05) is 12.7 Å². The molecule has 4 heteroatoms. The van der Waals surface area contributed by atoms with Crippen LogP contribution in [0.1, 0.15) is 30.0 Å². The molecule has 118 valence electrons. The van der Waals surface area contributed by atoms with Gasteiger partial charge >= 0.3 is 0 Å². The van der Waals surface area contributed by atoms with Gasteiger partial charge in [0.1, 0.15) is 6.61 Å². The summed E-state index contributed by atoms with van der Waals surface area (Å²) < 4.78 is 0. The molecule has 0 aromatic heterocycles. The molecule has 2 aromatic rings. The molecule has 0 aliphatic carbocycles. The van der Waals surface area contributed by atoms with Gasteiger partial charge in [-0.1, -0.05) is 48.5 Å². The van der Waals surface area contributed by atoms with E-state index in [-0.39, 0.29) is 5.91 Å². The minimum Gasteiger partial charge on any atom is -0.391 e. The molecule has 0 spiro atoms. The number of benzene rings is 2. The number of anilines is 1. The molecule has 1 aliphatic heterocycles. The van der Waals surface area contributed by atoms with Crippen LogP contribution in [0.3, 0.4) is 0 Å². The van der Waals surface area contributed by atoms with Crippen molar-refractivity contribution in [3.05, 3.63) is 65.2 Å². The van der Waals surface area contributed by atoms with E-state index in [1.54, 1.807) is 4.90 Å². The van der Waals surface area contributed by atoms with Crippen molar-refractivity contribution in [2.45, 2.75) is 26.4 Å². The van der Waals surface area contributed by atoms with Gasteiger partial charge in [-0.3, -0.25) is 4.79 Å². The Bertz CT molecular complexity index is 738. The van der Waals surface area contributed by atoms with E-state index >= 15 is 0 Å². The molecule has 0 saturated carbocycles. The van der Waals surface area contributed by atoms with Crippen LogP contribution >= 0.6 is 0 Å². The minimum absolute atomic E-state index is 0.132. The molecular formula is C19H20N2O2. The Morgan fingerprint density at radius 1 is 1.22 bits per heavy atom. The molecule has 0 fully saturated rings. The topological polar surface area (TPSA) is 41.9 Å². The number of hydrogen-bond donors (Lipinski definition) is 0. The molecule has 2 aromatic carbocycles. The molecule has 0 saturated heterocycles. The highest BCUT2D eigenvalue weighted by Crippen LogP contribution is 2.28. The maximum Gasteiger partial charge on any atom is 0.231 e. The predicted molar refractivity (Wildman–Crippen MR) is 91.6 cm³/mol. The zero-order chi connectivity index (χ0) is 16.2. The van der Waals surface area contributed by atoms with E-state index in [0.717, 1.165) is 34.5 Å². The molecule has 1 aliphatic rings. The molecule has 0 bridgehead atoms. The Kier molecular flexibility index (Phi) is 4.42. The van der Waals surface area contributed by atoms with Crippen LogP contribution in [0.25, 0.3) is 0 Å². The van der Waals surface area contributed by atoms with E-state index in [2.05, 4.69) is 12.1 Å². The standard InChI is InChI=1S/C19H20N2O2/c1-3-17(20-23-13-14-7-5-4-6-8-14)15-9-10-18-16(11-15)12-19(22)21(18)2/h4-11H,3,12-13H2,1-2H3. The zero-order valence-corrected chi connectivity index (χ0v) is 13.5. The van der Waals surface area contributed by atoms with Crippen molar-refractivity contribution in [1.82, 2.24) is 0 Å². The molecule has 4 nitrogen and oxygen atoms in total. The monoisotopic (exact) mass is 308 g/mol. The Balaban J connectivity index is 1.75. The fraction of sp³-hybridized carbons (Fsp3) is 0.263. The first kappa shape index (κ1) is 15.3. The molecule has 1 amide bonds. The van der Waals surface area contributed by atoms with Crippen LogP contribution in [0.5, 0.6) is 0 Å². The van der Waals surface area contributed by atoms with Gasteiger partial charge in [0.15, 0.2) is 0 Å². The fourth-order valence-corrected chi connectivity index (χ4v) is 2.73. The van der Waals surface area contributed by atoms with Crippen LogP contribution in [0.15, 0.2) is 53.7 Å². The lowest BCUT2D eigenvalue weighted by Crippen LogP contribution is -2.20. The maximum atomic E-state index is 11.8. The Hall–Kier alpha value is -2.62. The third-order valence-corrected chi connectivity index (χ3v) is 4.07. The van der Waals surface area contributed by atoms with Gasteiger partial charge in [-0.25, -0.2) is 0 Å². The van der Waals surface area contributed by atoms with E-state index in [4.69, 9.17) is 4.84 Å². The molecule has 23 heavy (non-hydrogen) atoms. The second-order valence-electron chi connectivity index (χ2n) is 5.62. The number of amides is 1. The summed E-state index contributed by atoms with van der Waals surface area (Å²) in [6.07, 6.45) is 1.24. The summed E-state index contributed by atoms with van der Waals surface area (Å²) in [5.41, 5.74) is 5.04. The number of hydrogen-bond acceptors (Lipinski definition) is 3. The molecule has 0 atom stereocenters. The predicted octanol–water partition coefficient (Wildman–Crippen LogP) is 3.54. The maximum absolute atomic E-state index is 11.8. The zero-order valence-electron chi connectivity index (χ0n) is 13.5. The van der Waals surface area contributed by atoms with E-state index in [1.165, 1.54) is 0 Å². The third-order valence-electron chi connectivity index (χ3n) is 4.07. The van der Waals surface area contributed by atoms with E-state index < -0.39 is 0 Å². The van der Waals surface area contributed by atoms with Gasteiger partial charge in [-0.15, -0.1) is 0 Å². The van der Waals surface area contributed by atoms with Gasteiger partial charge in [0.2, 0.25) is 5.91 Å². The van der Waals surface area contributed by atoms with Crippen molar-refractivity contribution in [3.8, 4) is 0 Å². The normalized spacial score (nSPS) is 14.1. The number of oxime groups is 1. The van der Waals surface area contributed by atoms with Crippen LogP contribution in [-0.2, 0) is 22.7 Å². The summed E-state index contributed by atoms with van der Waals surface area (Å²) in [6, 6.07) is 16.0. The molecule has 1 heterocycles. The lowest BCUT2D eigenvalue weighted by Gasteiger charge is -2.11. The Labute approximate surface area is 136 Å². The smallest absolute Gasteiger partial charge is 0.231 e. The van der Waals surface area contributed by atoms with Crippen molar-refractivity contribution in [2.24, 2.45) is 5.16 Å². The first-order valence-electron chi connectivity index (χ1n) is 7.81. The fourth-order valence-electron chi connectivity index (χ4n) is 2.73. The summed E-state index contributed by atoms with van der Waals surface area (Å²) in [5, 5.41) is 4.29. The molecule has 0 radical (unpaired) electrons. The van der Waals surface area contributed by atoms with Crippen LogP contribution in [0.4, 0.5) is 5.69 Å². The van der Waals surface area contributed by atoms with Crippen LogP contribution in [0, 0.1) is 0 Å². The molecule has 0 N–H and O–H groups in total. The number of likely N-dealkylation sites (N-methyl/N-ethyl adjacent to an activating group) is 1. The summed E-state index contributed by atoms with van der Waals surface area (Å²) in [4.78, 5) is 19.0. The van der Waals surface area contributed by atoms with Crippen molar-refractivity contribution >= 4 is 17.3 Å². The van der Waals surface area contributed by atoms with Gasteiger partial charge in [0.05, 0.1) is 12.1 Å². The van der Waals surface area contributed by atoms with Crippen LogP contribution < -0.4 is 4.90 Å². The van der Waals surface area contributed by atoms with Gasteiger partial charge in [-0.05, 0) is 35.2 Å². The number of rotatable bonds is 5. The Morgan fingerprint density at radius 2 is 2.00 bits per heavy atom. The number of carbonyl (C=O) groups is 1. The second-order valence-corrected chi connectivity index (χ2v) is 5.62. The van der Waals surface area contributed by atoms with Crippen molar-refractivity contribution in [3.63, 3.8) is 0 Å². The largest absolute Gasteiger partial charge is 0.391 e. The lowest BCUT2D eigenvalue weighted by molar-refractivity contribution is -0.117. The summed E-state index contributed by atoms with van der Waals surface area (Å²) in [6.45, 7) is 2.51. The molecule has 0 unspecified atom stereocenters. The van der Waals surface area contributed by atoms with Crippen molar-refractivity contribution in [1.29, 1.82) is 0 Å². The Morgan fingerprint density at radius 3 is 2.74 bits per heavy atom. The number of fused-ring (bicyclic) bond motifs is 1. The SMILES string of the molecule is CCC(=NOCc1ccccc1)c1ccc2c(c1)CC(=O)N2C. The number of nitrogens with zero attached hydrogens (tertiary/aromatic N) is 2. The van der Waals surface area contributed by atoms with Gasteiger partial charge < -0.3 is 9.74 Å². The average Bonchev–Trinajstić information content (AvgIpc) is 2.86. The quantitative estimate of drug-likeness (QED) is 0.626. The number of carbonyl (C=O) groups excluding carboxylic acids is 1. The van der Waals surface area contributed by atoms with Crippen LogP contribution in [-0.4, -0.2) is 18.7 Å². The summed E-state index contributed by atoms with van der Waals surface area (Å²) in [5.74, 6) is 0.132. The van der Waals surface area contributed by atoms with E-state index in [0.29, 0.717) is 13.0 Å². The summed E-state index contributed by atoms with van der Waals surface area (Å²) >= 11 is 0. The third kappa shape index (κ3) is 3.26. The summed E-state index contributed by atoms with van der Waals surface area (Å²) in [7, 11) is 1.81. The lowest BCUT2D eigenvalue weighted by atomic mass is 10.0. The van der Waals surface area contributed by atoms with E-state index in [1.807, 2.05) is 55.6 Å². The first-order valence-corrected chi connectivity index (χ1v) is 7.81. The van der Waals surface area contributed by atoms with Crippen LogP contribution in [0.2, 0.25) is 0 Å². The van der Waals surface area contributed by atoms with Gasteiger partial charge in [-0.2, -0.15) is 0 Å². The average molecular weight is 308 g/mol. The van der Waals surface area contributed by atoms with Crippen molar-refractivity contribution < 1.29 is 9.63 Å². The van der Waals surface area contributed by atoms with E-state index in [9.17, 15) is 4.79 Å². The highest BCUT2D eigenvalue weighted by Gasteiger charge is 2.24. The molecular weight excluding hydrogens is 288 g/mol. The second kappa shape index (κ2) is 6.65. The first-order chi connectivity index (χ1) is 11.2. The molecule has 3 rings (SSSR count). The van der Waals surface area contributed by atoms with Gasteiger partial charge in [0.25, 0.3) is 0 Å². The van der Waals surface area contributed by atoms with Crippen molar-refractivity contribution in [2.75, 3.05) is 11.9 Å². The highest BCUT2D eigenvalue weighted by atomic mass is 16.6. The minimum atomic E-state index is 0.132.